The number of ether oxygens (including phenoxy) is 1. The van der Waals surface area contributed by atoms with Gasteiger partial charge in [-0.05, 0) is 77.2 Å². The Hall–Kier alpha value is -3.72. The van der Waals surface area contributed by atoms with E-state index in [1.807, 2.05) is 39.8 Å². The summed E-state index contributed by atoms with van der Waals surface area (Å²) in [5.41, 5.74) is 1.26. The Morgan fingerprint density at radius 3 is 2.51 bits per heavy atom. The average molecular weight is 482 g/mol. The number of amides is 1. The van der Waals surface area contributed by atoms with E-state index in [2.05, 4.69) is 0 Å². The molecule has 1 fully saturated rings. The number of hydrogen-bond acceptors (Lipinski definition) is 7. The second kappa shape index (κ2) is 10.7. The molecule has 1 atom stereocenters. The summed E-state index contributed by atoms with van der Waals surface area (Å²) in [6.07, 6.45) is 0.556. The summed E-state index contributed by atoms with van der Waals surface area (Å²) in [4.78, 5) is 40.4. The molecule has 0 bridgehead atoms. The van der Waals surface area contributed by atoms with E-state index in [0.717, 1.165) is 5.56 Å². The number of nitrogens with zero attached hydrogens (tertiary/aromatic N) is 3. The predicted octanol–water partition coefficient (Wildman–Crippen LogP) is 4.06. The number of nitro groups is 1. The van der Waals surface area contributed by atoms with Gasteiger partial charge in [-0.1, -0.05) is 12.1 Å². The highest BCUT2D eigenvalue weighted by Gasteiger charge is 2.46. The van der Waals surface area contributed by atoms with E-state index in [-0.39, 0.29) is 29.7 Å². The number of likely N-dealkylation sites (tertiary alicyclic amines) is 1. The van der Waals surface area contributed by atoms with Gasteiger partial charge in [0.2, 0.25) is 0 Å². The van der Waals surface area contributed by atoms with Crippen molar-refractivity contribution in [1.29, 1.82) is 0 Å². The third-order valence-electron chi connectivity index (χ3n) is 5.75. The fourth-order valence-electron chi connectivity index (χ4n) is 4.16. The normalized spacial score (nSPS) is 17.5. The minimum atomic E-state index is -0.941. The maximum absolute atomic E-state index is 13.1. The van der Waals surface area contributed by atoms with Gasteiger partial charge in [-0.3, -0.25) is 19.7 Å². The highest BCUT2D eigenvalue weighted by Crippen LogP contribution is 2.40. The molecule has 3 rings (SSSR count). The Bertz CT molecular complexity index is 1170. The molecule has 1 aliphatic heterocycles. The number of aryl methyl sites for hydroxylation is 1. The SMILES string of the molecule is Cc1cc(/C(O)=C2\C(=O)C(=O)N(CCCN(C)C)C2c2cccc([N+](=O)[O-])c2)ccc1OC(C)C. The molecule has 1 saturated heterocycles. The topological polar surface area (TPSA) is 113 Å². The van der Waals surface area contributed by atoms with Crippen LogP contribution in [0.1, 0.15) is 43.0 Å². The van der Waals surface area contributed by atoms with E-state index in [9.17, 15) is 24.8 Å². The van der Waals surface area contributed by atoms with Gasteiger partial charge < -0.3 is 19.6 Å². The van der Waals surface area contributed by atoms with Crippen LogP contribution in [0, 0.1) is 17.0 Å². The summed E-state index contributed by atoms with van der Waals surface area (Å²) in [6.45, 7) is 6.58. The number of non-ortho nitro benzene ring substituents is 1. The van der Waals surface area contributed by atoms with E-state index < -0.39 is 22.7 Å². The molecule has 2 aromatic carbocycles. The average Bonchev–Trinajstić information content (AvgIpc) is 3.04. The molecular formula is C26H31N3O6. The molecule has 2 aromatic rings. The molecule has 186 valence electrons. The summed E-state index contributed by atoms with van der Waals surface area (Å²) in [5.74, 6) is -1.23. The van der Waals surface area contributed by atoms with Gasteiger partial charge >= 0.3 is 0 Å². The molecule has 0 spiro atoms. The van der Waals surface area contributed by atoms with Crippen LogP contribution in [0.15, 0.2) is 48.0 Å². The van der Waals surface area contributed by atoms with E-state index >= 15 is 0 Å². The molecule has 1 amide bonds. The maximum atomic E-state index is 13.1. The quantitative estimate of drug-likeness (QED) is 0.189. The van der Waals surface area contributed by atoms with Crippen molar-refractivity contribution in [3.63, 3.8) is 0 Å². The van der Waals surface area contributed by atoms with Crippen molar-refractivity contribution in [1.82, 2.24) is 9.80 Å². The molecule has 9 heteroatoms. The van der Waals surface area contributed by atoms with E-state index in [0.29, 0.717) is 29.8 Å². The van der Waals surface area contributed by atoms with Crippen LogP contribution in [0.3, 0.4) is 0 Å². The number of aliphatic hydroxyl groups is 1. The molecule has 35 heavy (non-hydrogen) atoms. The fraction of sp³-hybridized carbons (Fsp3) is 0.385. The summed E-state index contributed by atoms with van der Waals surface area (Å²) >= 11 is 0. The number of carbonyl (C=O) groups excluding carboxylic acids is 2. The molecule has 1 unspecified atom stereocenters. The first kappa shape index (κ1) is 25.9. The number of nitro benzene ring substituents is 1. The first-order chi connectivity index (χ1) is 16.5. The maximum Gasteiger partial charge on any atom is 0.295 e. The molecule has 1 aliphatic rings. The van der Waals surface area contributed by atoms with Gasteiger partial charge in [-0.15, -0.1) is 0 Å². The smallest absolute Gasteiger partial charge is 0.295 e. The highest BCUT2D eigenvalue weighted by atomic mass is 16.6. The van der Waals surface area contributed by atoms with Crippen molar-refractivity contribution in [2.45, 2.75) is 39.3 Å². The zero-order valence-corrected chi connectivity index (χ0v) is 20.6. The summed E-state index contributed by atoms with van der Waals surface area (Å²) in [6, 6.07) is 9.91. The minimum Gasteiger partial charge on any atom is -0.507 e. The lowest BCUT2D eigenvalue weighted by Crippen LogP contribution is -2.32. The van der Waals surface area contributed by atoms with Crippen LogP contribution in [-0.2, 0) is 9.59 Å². The lowest BCUT2D eigenvalue weighted by Gasteiger charge is -2.26. The number of carbonyl (C=O) groups is 2. The van der Waals surface area contributed by atoms with Crippen LogP contribution >= 0.6 is 0 Å². The van der Waals surface area contributed by atoms with Crippen LogP contribution in [0.4, 0.5) is 5.69 Å². The van der Waals surface area contributed by atoms with Crippen molar-refractivity contribution in [2.75, 3.05) is 27.2 Å². The van der Waals surface area contributed by atoms with Gasteiger partial charge in [0.15, 0.2) is 0 Å². The van der Waals surface area contributed by atoms with Gasteiger partial charge in [0.1, 0.15) is 11.5 Å². The molecule has 0 aromatic heterocycles. The van der Waals surface area contributed by atoms with E-state index in [4.69, 9.17) is 4.74 Å². The molecule has 1 heterocycles. The third kappa shape index (κ3) is 5.68. The van der Waals surface area contributed by atoms with Gasteiger partial charge in [-0.25, -0.2) is 0 Å². The fourth-order valence-corrected chi connectivity index (χ4v) is 4.16. The van der Waals surface area contributed by atoms with Crippen molar-refractivity contribution in [2.24, 2.45) is 0 Å². The number of benzene rings is 2. The van der Waals surface area contributed by atoms with Crippen LogP contribution in [-0.4, -0.2) is 64.8 Å². The molecular weight excluding hydrogens is 450 g/mol. The van der Waals surface area contributed by atoms with Crippen molar-refractivity contribution >= 4 is 23.1 Å². The molecule has 1 N–H and O–H groups in total. The van der Waals surface area contributed by atoms with E-state index in [1.54, 1.807) is 24.3 Å². The zero-order chi connectivity index (χ0) is 25.9. The summed E-state index contributed by atoms with van der Waals surface area (Å²) in [5, 5.41) is 22.6. The van der Waals surface area contributed by atoms with Crippen molar-refractivity contribution < 1.29 is 24.4 Å². The van der Waals surface area contributed by atoms with Gasteiger partial charge in [0.05, 0.1) is 22.6 Å². The Morgan fingerprint density at radius 2 is 1.91 bits per heavy atom. The summed E-state index contributed by atoms with van der Waals surface area (Å²) in [7, 11) is 3.81. The zero-order valence-electron chi connectivity index (χ0n) is 20.6. The first-order valence-corrected chi connectivity index (χ1v) is 11.5. The molecule has 0 aliphatic carbocycles. The number of hydrogen-bond donors (Lipinski definition) is 1. The Morgan fingerprint density at radius 1 is 1.20 bits per heavy atom. The number of Topliss-reactive ketones (excluding diaryl/α,β-unsaturated/α-hetero) is 1. The Labute approximate surface area is 204 Å². The lowest BCUT2D eigenvalue weighted by molar-refractivity contribution is -0.384. The first-order valence-electron chi connectivity index (χ1n) is 11.5. The number of ketones is 1. The second-order valence-electron chi connectivity index (χ2n) is 9.15. The van der Waals surface area contributed by atoms with Crippen LogP contribution < -0.4 is 4.74 Å². The van der Waals surface area contributed by atoms with E-state index in [1.165, 1.54) is 23.1 Å². The molecule has 9 nitrogen and oxygen atoms in total. The largest absolute Gasteiger partial charge is 0.507 e. The minimum absolute atomic E-state index is 0.0329. The lowest BCUT2D eigenvalue weighted by atomic mass is 9.94. The number of aliphatic hydroxyl groups excluding tert-OH is 1. The standard InChI is InChI=1S/C26H31N3O6/c1-16(2)35-21-11-10-19(14-17(21)3)24(30)22-23(18-8-6-9-20(15-18)29(33)34)28(26(32)25(22)31)13-7-12-27(4)5/h6,8-11,14-16,23,30H,7,12-13H2,1-5H3/b24-22+. The predicted molar refractivity (Wildman–Crippen MR) is 132 cm³/mol. The Balaban J connectivity index is 2.12. The highest BCUT2D eigenvalue weighted by molar-refractivity contribution is 6.46. The van der Waals surface area contributed by atoms with Crippen LogP contribution in [0.5, 0.6) is 5.75 Å². The van der Waals surface area contributed by atoms with Crippen molar-refractivity contribution in [3.8, 4) is 5.75 Å². The monoisotopic (exact) mass is 481 g/mol. The summed E-state index contributed by atoms with van der Waals surface area (Å²) < 4.78 is 5.76. The molecule has 0 radical (unpaired) electrons. The second-order valence-corrected chi connectivity index (χ2v) is 9.15. The van der Waals surface area contributed by atoms with Crippen molar-refractivity contribution in [3.05, 3.63) is 74.8 Å². The Kier molecular flexibility index (Phi) is 7.91. The van der Waals surface area contributed by atoms with Gasteiger partial charge in [0, 0.05) is 24.2 Å². The third-order valence-corrected chi connectivity index (χ3v) is 5.75. The van der Waals surface area contributed by atoms with Gasteiger partial charge in [-0.2, -0.15) is 0 Å². The number of rotatable bonds is 9. The van der Waals surface area contributed by atoms with Crippen LogP contribution in [0.2, 0.25) is 0 Å². The van der Waals surface area contributed by atoms with Gasteiger partial charge in [0.25, 0.3) is 17.4 Å². The van der Waals surface area contributed by atoms with Crippen LogP contribution in [0.25, 0.3) is 5.76 Å². The molecule has 0 saturated carbocycles.